The molecule has 2 aromatic carbocycles. The summed E-state index contributed by atoms with van der Waals surface area (Å²) >= 11 is 11.9. The van der Waals surface area contributed by atoms with Gasteiger partial charge in [0.25, 0.3) is 0 Å². The standard InChI is InChI=1S/C21H20Cl2F3NO3/c1-2-13(20(29)30)9-12-3-8-17(23)18(10-12)27-19(28)16(11-21(24,25)26)14-4-6-15(22)7-5-14/h3-8,10,13,16H,2,9,11H2,1H3,(H,27,28)(H,29,30)/t13-,16-/m0/s1. The number of alkyl halides is 3. The molecule has 0 spiro atoms. The molecule has 0 saturated carbocycles. The highest BCUT2D eigenvalue weighted by Gasteiger charge is 2.36. The van der Waals surface area contributed by atoms with Gasteiger partial charge in [-0.05, 0) is 48.2 Å². The van der Waals surface area contributed by atoms with Crippen molar-refractivity contribution in [2.45, 2.75) is 38.3 Å². The molecule has 2 atom stereocenters. The average molecular weight is 462 g/mol. The lowest BCUT2D eigenvalue weighted by molar-refractivity contribution is -0.146. The van der Waals surface area contributed by atoms with Crippen LogP contribution >= 0.6 is 23.2 Å². The van der Waals surface area contributed by atoms with Crippen LogP contribution in [0.4, 0.5) is 18.9 Å². The lowest BCUT2D eigenvalue weighted by Gasteiger charge is -2.20. The smallest absolute Gasteiger partial charge is 0.390 e. The number of carboxylic acid groups (broad SMARTS) is 1. The minimum Gasteiger partial charge on any atom is -0.481 e. The number of carbonyl (C=O) groups is 2. The Morgan fingerprint density at radius 2 is 1.73 bits per heavy atom. The molecule has 0 heterocycles. The molecule has 0 unspecified atom stereocenters. The van der Waals surface area contributed by atoms with Crippen LogP contribution in [0.25, 0.3) is 0 Å². The first kappa shape index (κ1) is 24.0. The van der Waals surface area contributed by atoms with E-state index in [4.69, 9.17) is 23.2 Å². The maximum absolute atomic E-state index is 13.1. The molecule has 2 N–H and O–H groups in total. The van der Waals surface area contributed by atoms with Crippen molar-refractivity contribution in [1.29, 1.82) is 0 Å². The number of hydrogen-bond acceptors (Lipinski definition) is 2. The summed E-state index contributed by atoms with van der Waals surface area (Å²) in [5, 5.41) is 12.1. The number of amides is 1. The minimum absolute atomic E-state index is 0.126. The van der Waals surface area contributed by atoms with Crippen LogP contribution in [0.1, 0.15) is 36.8 Å². The van der Waals surface area contributed by atoms with Crippen molar-refractivity contribution in [2.75, 3.05) is 5.32 Å². The van der Waals surface area contributed by atoms with Crippen molar-refractivity contribution >= 4 is 40.8 Å². The van der Waals surface area contributed by atoms with E-state index in [9.17, 15) is 27.9 Å². The molecule has 0 fully saturated rings. The number of rotatable bonds is 8. The molecule has 30 heavy (non-hydrogen) atoms. The van der Waals surface area contributed by atoms with Crippen molar-refractivity contribution in [1.82, 2.24) is 0 Å². The summed E-state index contributed by atoms with van der Waals surface area (Å²) in [5.41, 5.74) is 0.891. The Bertz CT molecular complexity index is 901. The summed E-state index contributed by atoms with van der Waals surface area (Å²) in [4.78, 5) is 24.0. The van der Waals surface area contributed by atoms with Crippen molar-refractivity contribution in [3.8, 4) is 0 Å². The molecule has 0 aliphatic rings. The molecule has 9 heteroatoms. The van der Waals surface area contributed by atoms with Crippen LogP contribution in [0, 0.1) is 5.92 Å². The predicted molar refractivity (Wildman–Crippen MR) is 110 cm³/mol. The van der Waals surface area contributed by atoms with Crippen molar-refractivity contribution in [3.63, 3.8) is 0 Å². The number of nitrogens with one attached hydrogen (secondary N) is 1. The highest BCUT2D eigenvalue weighted by atomic mass is 35.5. The van der Waals surface area contributed by atoms with E-state index in [1.165, 1.54) is 36.4 Å². The Morgan fingerprint density at radius 1 is 1.10 bits per heavy atom. The third kappa shape index (κ3) is 6.92. The molecule has 0 aliphatic carbocycles. The summed E-state index contributed by atoms with van der Waals surface area (Å²) in [6, 6.07) is 10.1. The summed E-state index contributed by atoms with van der Waals surface area (Å²) < 4.78 is 39.3. The van der Waals surface area contributed by atoms with Gasteiger partial charge >= 0.3 is 12.1 Å². The van der Waals surface area contributed by atoms with Gasteiger partial charge in [0, 0.05) is 5.02 Å². The van der Waals surface area contributed by atoms with E-state index in [-0.39, 0.29) is 22.7 Å². The normalized spacial score (nSPS) is 13.5. The van der Waals surface area contributed by atoms with Crippen LogP contribution < -0.4 is 5.32 Å². The molecule has 162 valence electrons. The van der Waals surface area contributed by atoms with E-state index < -0.39 is 36.3 Å². The number of anilines is 1. The molecule has 0 radical (unpaired) electrons. The van der Waals surface area contributed by atoms with Crippen molar-refractivity contribution in [2.24, 2.45) is 5.92 Å². The lowest BCUT2D eigenvalue weighted by atomic mass is 9.94. The van der Waals surface area contributed by atoms with Gasteiger partial charge in [0.2, 0.25) is 5.91 Å². The van der Waals surface area contributed by atoms with E-state index in [1.54, 1.807) is 13.0 Å². The molecule has 2 aromatic rings. The summed E-state index contributed by atoms with van der Waals surface area (Å²) in [7, 11) is 0. The first-order valence-corrected chi connectivity index (χ1v) is 9.90. The fraction of sp³-hybridized carbons (Fsp3) is 0.333. The van der Waals surface area contributed by atoms with E-state index >= 15 is 0 Å². The number of carbonyl (C=O) groups excluding carboxylic acids is 1. The highest BCUT2D eigenvalue weighted by molar-refractivity contribution is 6.33. The van der Waals surface area contributed by atoms with Crippen LogP contribution in [0.2, 0.25) is 10.0 Å². The Kier molecular flexibility index (Phi) is 8.15. The average Bonchev–Trinajstić information content (AvgIpc) is 2.66. The molecule has 2 rings (SSSR count). The largest absolute Gasteiger partial charge is 0.481 e. The fourth-order valence-electron chi connectivity index (χ4n) is 2.99. The van der Waals surface area contributed by atoms with Gasteiger partial charge in [-0.3, -0.25) is 9.59 Å². The zero-order valence-corrected chi connectivity index (χ0v) is 17.5. The van der Waals surface area contributed by atoms with E-state index in [0.717, 1.165) is 0 Å². The maximum atomic E-state index is 13.1. The van der Waals surface area contributed by atoms with Crippen LogP contribution in [0.3, 0.4) is 0 Å². The van der Waals surface area contributed by atoms with Gasteiger partial charge in [-0.25, -0.2) is 0 Å². The SMILES string of the molecule is CC[C@@H](Cc1ccc(Cl)c(NC(=O)[C@@H](CC(F)(F)F)c2ccc(Cl)cc2)c1)C(=O)O. The van der Waals surface area contributed by atoms with Gasteiger partial charge < -0.3 is 10.4 Å². The van der Waals surface area contributed by atoms with Crippen molar-refractivity contribution < 1.29 is 27.9 Å². The number of aliphatic carboxylic acids is 1. The lowest BCUT2D eigenvalue weighted by Crippen LogP contribution is -2.26. The third-order valence-corrected chi connectivity index (χ3v) is 5.22. The monoisotopic (exact) mass is 461 g/mol. The quantitative estimate of drug-likeness (QED) is 0.483. The first-order chi connectivity index (χ1) is 14.0. The van der Waals surface area contributed by atoms with Gasteiger partial charge in [-0.15, -0.1) is 0 Å². The van der Waals surface area contributed by atoms with Gasteiger partial charge in [-0.2, -0.15) is 13.2 Å². The Hall–Kier alpha value is -2.25. The van der Waals surface area contributed by atoms with Gasteiger partial charge in [0.1, 0.15) is 0 Å². The number of carboxylic acids is 1. The molecular formula is C21H20Cl2F3NO3. The van der Waals surface area contributed by atoms with E-state index in [2.05, 4.69) is 5.32 Å². The summed E-state index contributed by atoms with van der Waals surface area (Å²) in [6.45, 7) is 1.74. The van der Waals surface area contributed by atoms with Gasteiger partial charge in [-0.1, -0.05) is 48.3 Å². The molecule has 0 aromatic heterocycles. The number of hydrogen-bond donors (Lipinski definition) is 2. The minimum atomic E-state index is -4.57. The first-order valence-electron chi connectivity index (χ1n) is 9.14. The summed E-state index contributed by atoms with van der Waals surface area (Å²) in [5.74, 6) is -3.95. The maximum Gasteiger partial charge on any atom is 0.390 e. The molecule has 0 bridgehead atoms. The van der Waals surface area contributed by atoms with Crippen LogP contribution in [-0.2, 0) is 16.0 Å². The zero-order chi connectivity index (χ0) is 22.5. The van der Waals surface area contributed by atoms with Crippen molar-refractivity contribution in [3.05, 3.63) is 63.6 Å². The molecule has 4 nitrogen and oxygen atoms in total. The van der Waals surface area contributed by atoms with E-state index in [1.807, 2.05) is 0 Å². The molecule has 1 amide bonds. The molecule has 0 aliphatic heterocycles. The Labute approximate surface area is 182 Å². The molecular weight excluding hydrogens is 442 g/mol. The van der Waals surface area contributed by atoms with Gasteiger partial charge in [0.15, 0.2) is 0 Å². The fourth-order valence-corrected chi connectivity index (χ4v) is 3.29. The van der Waals surface area contributed by atoms with Crippen LogP contribution in [0.15, 0.2) is 42.5 Å². The molecule has 0 saturated heterocycles. The Morgan fingerprint density at radius 3 is 2.27 bits per heavy atom. The topological polar surface area (TPSA) is 66.4 Å². The second-order valence-corrected chi connectivity index (χ2v) is 7.72. The second-order valence-electron chi connectivity index (χ2n) is 6.87. The predicted octanol–water partition coefficient (Wildman–Crippen LogP) is 6.32. The zero-order valence-electron chi connectivity index (χ0n) is 16.0. The number of halogens is 5. The third-order valence-electron chi connectivity index (χ3n) is 4.64. The second kappa shape index (κ2) is 10.2. The summed E-state index contributed by atoms with van der Waals surface area (Å²) in [6.07, 6.45) is -5.31. The van der Waals surface area contributed by atoms with Gasteiger partial charge in [0.05, 0.1) is 29.0 Å². The Balaban J connectivity index is 2.28. The van der Waals surface area contributed by atoms with E-state index in [0.29, 0.717) is 17.0 Å². The highest BCUT2D eigenvalue weighted by Crippen LogP contribution is 2.34. The van der Waals surface area contributed by atoms with Crippen LogP contribution in [-0.4, -0.2) is 23.2 Å². The number of benzene rings is 2. The van der Waals surface area contributed by atoms with Crippen LogP contribution in [0.5, 0.6) is 0 Å².